The first-order chi connectivity index (χ1) is 11.5. The Hall–Kier alpha value is -0.420. The van der Waals surface area contributed by atoms with Gasteiger partial charge in [-0.2, -0.15) is 11.8 Å². The fourth-order valence-electron chi connectivity index (χ4n) is 3.60. The van der Waals surface area contributed by atoms with Crippen LogP contribution in [0.1, 0.15) is 72.1 Å². The number of thioether (sulfide) groups is 1. The number of carbonyl (C=O) groups is 1. The van der Waals surface area contributed by atoms with Gasteiger partial charge in [0.2, 0.25) is 0 Å². The normalized spacial score (nSPS) is 23.5. The summed E-state index contributed by atoms with van der Waals surface area (Å²) in [5.41, 5.74) is -0.423. The van der Waals surface area contributed by atoms with E-state index in [9.17, 15) is 4.79 Å². The molecule has 1 N–H and O–H groups in total. The third-order valence-corrected chi connectivity index (χ3v) is 6.05. The summed E-state index contributed by atoms with van der Waals surface area (Å²) in [7, 11) is 0. The molecule has 5 heteroatoms. The average molecular weight is 357 g/mol. The number of nitrogens with zero attached hydrogens (tertiary/aromatic N) is 1. The number of hydrogen-bond donors (Lipinski definition) is 1. The number of nitrogens with one attached hydrogen (secondary N) is 1. The summed E-state index contributed by atoms with van der Waals surface area (Å²) in [6, 6.07) is 0.961. The predicted molar refractivity (Wildman–Crippen MR) is 103 cm³/mol. The van der Waals surface area contributed by atoms with Crippen molar-refractivity contribution < 1.29 is 9.53 Å². The lowest BCUT2D eigenvalue weighted by atomic mass is 10.1. The maximum absolute atomic E-state index is 12.7. The molecule has 4 nitrogen and oxygen atoms in total. The Morgan fingerprint density at radius 3 is 2.42 bits per heavy atom. The van der Waals surface area contributed by atoms with Crippen LogP contribution in [0.4, 0.5) is 4.79 Å². The standard InChI is InChI=1S/C19H36N2O2S/c1-19(2,3)23-18(22)21(17-10-6-4-5-7-11-17)13-12-20-16-9-8-14-24-15-16/h16-17,20H,4-15H2,1-3H3. The van der Waals surface area contributed by atoms with Gasteiger partial charge in [0.05, 0.1) is 0 Å². The Morgan fingerprint density at radius 1 is 1.12 bits per heavy atom. The summed E-state index contributed by atoms with van der Waals surface area (Å²) >= 11 is 2.04. The molecule has 1 saturated heterocycles. The van der Waals surface area contributed by atoms with Crippen molar-refractivity contribution in [3.05, 3.63) is 0 Å². The molecule has 0 aromatic carbocycles. The van der Waals surface area contributed by atoms with E-state index in [2.05, 4.69) is 5.32 Å². The van der Waals surface area contributed by atoms with Crippen LogP contribution in [0.3, 0.4) is 0 Å². The van der Waals surface area contributed by atoms with Crippen LogP contribution in [0.5, 0.6) is 0 Å². The summed E-state index contributed by atoms with van der Waals surface area (Å²) in [5, 5.41) is 3.65. The van der Waals surface area contributed by atoms with Crippen molar-refractivity contribution >= 4 is 17.9 Å². The van der Waals surface area contributed by atoms with E-state index in [4.69, 9.17) is 4.74 Å². The van der Waals surface area contributed by atoms with Gasteiger partial charge in [-0.3, -0.25) is 0 Å². The third kappa shape index (κ3) is 7.22. The Balaban J connectivity index is 1.89. The van der Waals surface area contributed by atoms with Gasteiger partial charge in [-0.25, -0.2) is 4.79 Å². The minimum absolute atomic E-state index is 0.130. The molecule has 1 unspecified atom stereocenters. The molecule has 1 aliphatic carbocycles. The van der Waals surface area contributed by atoms with E-state index in [-0.39, 0.29) is 6.09 Å². The molecule has 0 aromatic rings. The van der Waals surface area contributed by atoms with Gasteiger partial charge in [0.25, 0.3) is 0 Å². The lowest BCUT2D eigenvalue weighted by molar-refractivity contribution is 0.0146. The van der Waals surface area contributed by atoms with Gasteiger partial charge < -0.3 is 15.0 Å². The highest BCUT2D eigenvalue weighted by Gasteiger charge is 2.28. The second-order valence-corrected chi connectivity index (χ2v) is 9.34. The van der Waals surface area contributed by atoms with Gasteiger partial charge >= 0.3 is 6.09 Å². The summed E-state index contributed by atoms with van der Waals surface area (Å²) in [5.74, 6) is 2.50. The average Bonchev–Trinajstić information content (AvgIpc) is 2.80. The molecular weight excluding hydrogens is 320 g/mol. The largest absolute Gasteiger partial charge is 0.444 e. The molecular formula is C19H36N2O2S. The summed E-state index contributed by atoms with van der Waals surface area (Å²) in [4.78, 5) is 14.7. The van der Waals surface area contributed by atoms with Crippen LogP contribution in [-0.2, 0) is 4.74 Å². The lowest BCUT2D eigenvalue weighted by Crippen LogP contribution is -2.47. The van der Waals surface area contributed by atoms with Crippen LogP contribution in [0.2, 0.25) is 0 Å². The lowest BCUT2D eigenvalue weighted by Gasteiger charge is -2.34. The Labute approximate surface area is 152 Å². The molecule has 2 rings (SSSR count). The zero-order chi connectivity index (χ0) is 17.4. The minimum atomic E-state index is -0.423. The summed E-state index contributed by atoms with van der Waals surface area (Å²) < 4.78 is 5.69. The van der Waals surface area contributed by atoms with Gasteiger partial charge in [0.1, 0.15) is 5.60 Å². The highest BCUT2D eigenvalue weighted by Crippen LogP contribution is 2.24. The molecule has 0 radical (unpaired) electrons. The maximum atomic E-state index is 12.7. The zero-order valence-electron chi connectivity index (χ0n) is 15.8. The van der Waals surface area contributed by atoms with Gasteiger partial charge in [-0.1, -0.05) is 25.7 Å². The first-order valence-electron chi connectivity index (χ1n) is 9.76. The molecule has 0 bridgehead atoms. The van der Waals surface area contributed by atoms with Gasteiger partial charge in [-0.15, -0.1) is 0 Å². The van der Waals surface area contributed by atoms with E-state index >= 15 is 0 Å². The molecule has 1 amide bonds. The molecule has 0 spiro atoms. The van der Waals surface area contributed by atoms with E-state index in [0.717, 1.165) is 25.9 Å². The highest BCUT2D eigenvalue weighted by molar-refractivity contribution is 7.99. The van der Waals surface area contributed by atoms with E-state index in [1.54, 1.807) is 0 Å². The molecule has 0 aromatic heterocycles. The number of hydrogen-bond acceptors (Lipinski definition) is 4. The van der Waals surface area contributed by atoms with Crippen LogP contribution in [0.15, 0.2) is 0 Å². The molecule has 2 aliphatic rings. The maximum Gasteiger partial charge on any atom is 0.410 e. The SMILES string of the molecule is CC(C)(C)OC(=O)N(CCNC1CCCSC1)C1CCCCCC1. The minimum Gasteiger partial charge on any atom is -0.444 e. The summed E-state index contributed by atoms with van der Waals surface area (Å²) in [6.07, 6.45) is 9.76. The Kier molecular flexibility index (Phi) is 8.21. The quantitative estimate of drug-likeness (QED) is 0.740. The van der Waals surface area contributed by atoms with Crippen LogP contribution in [0.25, 0.3) is 0 Å². The van der Waals surface area contributed by atoms with Gasteiger partial charge in [-0.05, 0) is 52.2 Å². The molecule has 1 heterocycles. The van der Waals surface area contributed by atoms with Gasteiger partial charge in [0, 0.05) is 30.9 Å². The molecule has 1 aliphatic heterocycles. The third-order valence-electron chi connectivity index (χ3n) is 4.84. The number of ether oxygens (including phenoxy) is 1. The first-order valence-corrected chi connectivity index (χ1v) is 10.9. The van der Waals surface area contributed by atoms with Crippen LogP contribution in [-0.4, -0.2) is 53.3 Å². The Bertz CT molecular complexity index is 370. The van der Waals surface area contributed by atoms with Crippen molar-refractivity contribution in [2.75, 3.05) is 24.6 Å². The smallest absolute Gasteiger partial charge is 0.410 e. The number of carbonyl (C=O) groups excluding carboxylic acids is 1. The zero-order valence-corrected chi connectivity index (χ0v) is 16.6. The molecule has 1 saturated carbocycles. The van der Waals surface area contributed by atoms with Crippen molar-refractivity contribution in [2.45, 2.75) is 89.8 Å². The number of amides is 1. The predicted octanol–water partition coefficient (Wildman–Crippen LogP) is 4.43. The highest BCUT2D eigenvalue weighted by atomic mass is 32.2. The second-order valence-electron chi connectivity index (χ2n) is 8.19. The number of rotatable bonds is 5. The van der Waals surface area contributed by atoms with Crippen LogP contribution >= 0.6 is 11.8 Å². The Morgan fingerprint density at radius 2 is 1.83 bits per heavy atom. The molecule has 2 fully saturated rings. The molecule has 140 valence electrons. The molecule has 1 atom stereocenters. The van der Waals surface area contributed by atoms with E-state index in [1.807, 2.05) is 37.4 Å². The first kappa shape index (κ1) is 19.9. The fraction of sp³-hybridized carbons (Fsp3) is 0.947. The van der Waals surface area contributed by atoms with Crippen molar-refractivity contribution in [3.63, 3.8) is 0 Å². The van der Waals surface area contributed by atoms with Crippen molar-refractivity contribution in [1.82, 2.24) is 10.2 Å². The topological polar surface area (TPSA) is 41.6 Å². The second kappa shape index (κ2) is 9.91. The molecule has 24 heavy (non-hydrogen) atoms. The van der Waals surface area contributed by atoms with Crippen molar-refractivity contribution in [2.24, 2.45) is 0 Å². The van der Waals surface area contributed by atoms with E-state index in [0.29, 0.717) is 12.1 Å². The fourth-order valence-corrected chi connectivity index (χ4v) is 4.71. The van der Waals surface area contributed by atoms with E-state index in [1.165, 1.54) is 50.0 Å². The van der Waals surface area contributed by atoms with Crippen LogP contribution < -0.4 is 5.32 Å². The monoisotopic (exact) mass is 356 g/mol. The van der Waals surface area contributed by atoms with E-state index < -0.39 is 5.60 Å². The van der Waals surface area contributed by atoms with Crippen molar-refractivity contribution in [1.29, 1.82) is 0 Å². The summed E-state index contributed by atoms with van der Waals surface area (Å²) in [6.45, 7) is 7.50. The van der Waals surface area contributed by atoms with Crippen molar-refractivity contribution in [3.8, 4) is 0 Å². The van der Waals surface area contributed by atoms with Gasteiger partial charge in [0.15, 0.2) is 0 Å². The van der Waals surface area contributed by atoms with Crippen LogP contribution in [0, 0.1) is 0 Å².